The normalized spacial score (nSPS) is 10.9. The van der Waals surface area contributed by atoms with Crippen LogP contribution in [0.4, 0.5) is 4.39 Å². The van der Waals surface area contributed by atoms with Crippen molar-refractivity contribution in [1.82, 2.24) is 34.7 Å². The molecule has 0 aliphatic rings. The van der Waals surface area contributed by atoms with Gasteiger partial charge in [0.05, 0.1) is 24.7 Å². The van der Waals surface area contributed by atoms with Crippen LogP contribution < -0.4 is 4.74 Å². The van der Waals surface area contributed by atoms with Crippen LogP contribution in [-0.2, 0) is 6.42 Å². The van der Waals surface area contributed by atoms with Gasteiger partial charge in [-0.15, -0.1) is 10.2 Å². The fraction of sp³-hybridized carbons (Fsp3) is 0.158. The van der Waals surface area contributed by atoms with E-state index in [2.05, 4.69) is 30.1 Å². The lowest BCUT2D eigenvalue weighted by Gasteiger charge is -2.11. The molecule has 146 valence electrons. The Balaban J connectivity index is 1.83. The van der Waals surface area contributed by atoms with Crippen molar-refractivity contribution in [2.45, 2.75) is 23.5 Å². The first-order chi connectivity index (χ1) is 14.2. The third-order valence-corrected chi connectivity index (χ3v) is 5.03. The Morgan fingerprint density at radius 3 is 2.59 bits per heavy atom. The summed E-state index contributed by atoms with van der Waals surface area (Å²) in [6.07, 6.45) is 6.57. The van der Waals surface area contributed by atoms with E-state index in [1.807, 2.05) is 31.2 Å². The molecule has 0 radical (unpaired) electrons. The first kappa shape index (κ1) is 18.9. The first-order valence-corrected chi connectivity index (χ1v) is 9.56. The van der Waals surface area contributed by atoms with Gasteiger partial charge in [0.1, 0.15) is 22.8 Å². The van der Waals surface area contributed by atoms with Crippen molar-refractivity contribution in [2.24, 2.45) is 0 Å². The molecule has 0 fully saturated rings. The van der Waals surface area contributed by atoms with Gasteiger partial charge in [-0.3, -0.25) is 9.55 Å². The lowest BCUT2D eigenvalue weighted by atomic mass is 10.3. The molecule has 0 spiro atoms. The highest BCUT2D eigenvalue weighted by molar-refractivity contribution is 7.99. The number of methoxy groups -OCH3 is 1. The van der Waals surface area contributed by atoms with Gasteiger partial charge in [-0.05, 0) is 42.4 Å². The number of aryl methyl sites for hydroxylation is 1. The predicted molar refractivity (Wildman–Crippen MR) is 104 cm³/mol. The number of aromatic nitrogens is 7. The Hall–Kier alpha value is -3.40. The molecule has 1 aromatic carbocycles. The van der Waals surface area contributed by atoms with Crippen LogP contribution in [0.5, 0.6) is 5.75 Å². The van der Waals surface area contributed by atoms with Gasteiger partial charge in [0.15, 0.2) is 11.6 Å². The van der Waals surface area contributed by atoms with Crippen molar-refractivity contribution in [3.63, 3.8) is 0 Å². The second-order valence-corrected chi connectivity index (χ2v) is 6.78. The summed E-state index contributed by atoms with van der Waals surface area (Å²) < 4.78 is 21.7. The molecular formula is C19H16FN7OS. The summed E-state index contributed by atoms with van der Waals surface area (Å²) >= 11 is 1.07. The molecule has 0 saturated carbocycles. The van der Waals surface area contributed by atoms with E-state index >= 15 is 0 Å². The number of halogens is 1. The zero-order valence-corrected chi connectivity index (χ0v) is 16.5. The van der Waals surface area contributed by atoms with E-state index in [1.54, 1.807) is 30.3 Å². The number of rotatable bonds is 6. The lowest BCUT2D eigenvalue weighted by molar-refractivity contribution is 0.414. The molecule has 3 aromatic heterocycles. The Kier molecular flexibility index (Phi) is 5.43. The van der Waals surface area contributed by atoms with E-state index in [0.717, 1.165) is 17.4 Å². The van der Waals surface area contributed by atoms with Gasteiger partial charge in [-0.25, -0.2) is 19.3 Å². The number of nitrogens with zero attached hydrogens (tertiary/aromatic N) is 7. The maximum Gasteiger partial charge on any atom is 0.202 e. The van der Waals surface area contributed by atoms with Crippen molar-refractivity contribution in [1.29, 1.82) is 0 Å². The number of ether oxygens (including phenoxy) is 1. The van der Waals surface area contributed by atoms with E-state index in [4.69, 9.17) is 4.74 Å². The number of hydrogen-bond acceptors (Lipinski definition) is 8. The fourth-order valence-electron chi connectivity index (χ4n) is 2.67. The quantitative estimate of drug-likeness (QED) is 0.448. The minimum Gasteiger partial charge on any atom is -0.497 e. The minimum atomic E-state index is -0.453. The monoisotopic (exact) mass is 409 g/mol. The van der Waals surface area contributed by atoms with Crippen LogP contribution in [-0.4, -0.2) is 41.8 Å². The predicted octanol–water partition coefficient (Wildman–Crippen LogP) is 3.38. The highest BCUT2D eigenvalue weighted by atomic mass is 32.2. The van der Waals surface area contributed by atoms with E-state index in [-0.39, 0.29) is 5.03 Å². The average molecular weight is 409 g/mol. The SMILES string of the molecule is CCc1ncnc(Sc2nnc(-c3cnccn3)n2-c2ccc(OC)cc2)c1F. The van der Waals surface area contributed by atoms with Crippen molar-refractivity contribution in [3.05, 3.63) is 60.7 Å². The van der Waals surface area contributed by atoms with Crippen LogP contribution in [0, 0.1) is 5.82 Å². The summed E-state index contributed by atoms with van der Waals surface area (Å²) in [5, 5.41) is 9.14. The van der Waals surface area contributed by atoms with Crippen LogP contribution in [0.2, 0.25) is 0 Å². The first-order valence-electron chi connectivity index (χ1n) is 8.74. The molecule has 0 N–H and O–H groups in total. The van der Waals surface area contributed by atoms with Crippen molar-refractivity contribution < 1.29 is 9.13 Å². The van der Waals surface area contributed by atoms with E-state index in [9.17, 15) is 4.39 Å². The molecule has 0 aliphatic carbocycles. The second kappa shape index (κ2) is 8.31. The van der Waals surface area contributed by atoms with Gasteiger partial charge in [0.2, 0.25) is 5.16 Å². The van der Waals surface area contributed by atoms with Gasteiger partial charge >= 0.3 is 0 Å². The van der Waals surface area contributed by atoms with Crippen LogP contribution in [0.25, 0.3) is 17.2 Å². The maximum absolute atomic E-state index is 14.7. The third-order valence-electron chi connectivity index (χ3n) is 4.11. The molecule has 8 nitrogen and oxygen atoms in total. The third kappa shape index (κ3) is 3.79. The Morgan fingerprint density at radius 2 is 1.90 bits per heavy atom. The van der Waals surface area contributed by atoms with E-state index in [0.29, 0.717) is 34.5 Å². The highest BCUT2D eigenvalue weighted by Crippen LogP contribution is 2.32. The Bertz CT molecular complexity index is 1120. The van der Waals surface area contributed by atoms with Gasteiger partial charge in [0.25, 0.3) is 0 Å². The summed E-state index contributed by atoms with van der Waals surface area (Å²) in [5.74, 6) is 0.743. The van der Waals surface area contributed by atoms with E-state index in [1.165, 1.54) is 6.33 Å². The molecular weight excluding hydrogens is 393 g/mol. The van der Waals surface area contributed by atoms with Crippen molar-refractivity contribution in [2.75, 3.05) is 7.11 Å². The summed E-state index contributed by atoms with van der Waals surface area (Å²) in [7, 11) is 1.60. The summed E-state index contributed by atoms with van der Waals surface area (Å²) in [6, 6.07) is 7.37. The van der Waals surface area contributed by atoms with Gasteiger partial charge in [-0.2, -0.15) is 0 Å². The molecule has 0 aliphatic heterocycles. The summed E-state index contributed by atoms with van der Waals surface area (Å²) in [6.45, 7) is 1.84. The zero-order chi connectivity index (χ0) is 20.2. The molecule has 3 heterocycles. The zero-order valence-electron chi connectivity index (χ0n) is 15.7. The lowest BCUT2D eigenvalue weighted by Crippen LogP contribution is -2.02. The topological polar surface area (TPSA) is 91.5 Å². The van der Waals surface area contributed by atoms with Crippen LogP contribution in [0.15, 0.2) is 59.4 Å². The summed E-state index contributed by atoms with van der Waals surface area (Å²) in [5.41, 5.74) is 1.66. The van der Waals surface area contributed by atoms with Gasteiger partial charge in [-0.1, -0.05) is 6.92 Å². The van der Waals surface area contributed by atoms with E-state index < -0.39 is 5.82 Å². The molecule has 29 heavy (non-hydrogen) atoms. The van der Waals surface area contributed by atoms with Crippen LogP contribution in [0.3, 0.4) is 0 Å². The standard InChI is InChI=1S/C19H16FN7OS/c1-3-14-16(20)18(24-11-23-14)29-19-26-25-17(15-10-21-8-9-22-15)27(19)12-4-6-13(28-2)7-5-12/h4-11H,3H2,1-2H3. The largest absolute Gasteiger partial charge is 0.497 e. The smallest absolute Gasteiger partial charge is 0.202 e. The minimum absolute atomic E-state index is 0.185. The van der Waals surface area contributed by atoms with Crippen LogP contribution in [0.1, 0.15) is 12.6 Å². The number of hydrogen-bond donors (Lipinski definition) is 0. The maximum atomic E-state index is 14.7. The van der Waals surface area contributed by atoms with Gasteiger partial charge in [0, 0.05) is 12.4 Å². The average Bonchev–Trinajstić information content (AvgIpc) is 3.19. The van der Waals surface area contributed by atoms with Crippen molar-refractivity contribution >= 4 is 11.8 Å². The summed E-state index contributed by atoms with van der Waals surface area (Å²) in [4.78, 5) is 16.5. The Morgan fingerprint density at radius 1 is 1.07 bits per heavy atom. The van der Waals surface area contributed by atoms with Gasteiger partial charge < -0.3 is 4.74 Å². The number of benzene rings is 1. The molecule has 0 atom stereocenters. The molecule has 10 heteroatoms. The van der Waals surface area contributed by atoms with Crippen LogP contribution >= 0.6 is 11.8 Å². The highest BCUT2D eigenvalue weighted by Gasteiger charge is 2.20. The fourth-order valence-corrected chi connectivity index (χ4v) is 3.52. The second-order valence-electron chi connectivity index (χ2n) is 5.83. The Labute approximate surface area is 170 Å². The molecule has 0 saturated heterocycles. The molecule has 0 unspecified atom stereocenters. The molecule has 4 rings (SSSR count). The molecule has 0 bridgehead atoms. The molecule has 0 amide bonds. The molecule has 4 aromatic rings. The van der Waals surface area contributed by atoms with Crippen molar-refractivity contribution in [3.8, 4) is 23.0 Å².